The van der Waals surface area contributed by atoms with E-state index in [-0.39, 0.29) is 25.7 Å². The summed E-state index contributed by atoms with van der Waals surface area (Å²) in [6.45, 7) is 12.0. The highest BCUT2D eigenvalue weighted by Gasteiger charge is 2.31. The SMILES string of the molecule is CCCCCCCCCCCCCCCCCCCC(=O)O[C@H](COC(=O)CCCCCCCCC(C)C)COP(=O)(O)OC[C@H](O)COP(=O)(O)OC[C@@H](COC(=O)CCCCCCCCCCCCCCCCCCC(C)C)OC(=O)CCCCCCCCCCCCCCCCCCCCC(C)CC. The third-order valence-electron chi connectivity index (χ3n) is 21.0. The van der Waals surface area contributed by atoms with Crippen molar-refractivity contribution < 1.29 is 80.2 Å². The van der Waals surface area contributed by atoms with Gasteiger partial charge in [-0.1, -0.05) is 414 Å². The highest BCUT2D eigenvalue weighted by atomic mass is 31.2. The molecule has 0 aromatic rings. The predicted molar refractivity (Wildman–Crippen MR) is 441 cm³/mol. The Labute approximate surface area is 658 Å². The first kappa shape index (κ1) is 105. The molecule has 19 heteroatoms. The van der Waals surface area contributed by atoms with E-state index in [1.807, 2.05) is 0 Å². The Morgan fingerprint density at radius 3 is 0.710 bits per heavy atom. The largest absolute Gasteiger partial charge is 0.472 e. The van der Waals surface area contributed by atoms with Gasteiger partial charge in [0, 0.05) is 25.7 Å². The van der Waals surface area contributed by atoms with Crippen molar-refractivity contribution in [2.24, 2.45) is 17.8 Å². The molecule has 6 atom stereocenters. The fraction of sp³-hybridized carbons (Fsp3) is 0.955. The molecular weight excluding hydrogens is 1390 g/mol. The minimum atomic E-state index is -4.97. The number of ether oxygens (including phenoxy) is 4. The first-order valence-electron chi connectivity index (χ1n) is 45.4. The lowest BCUT2D eigenvalue weighted by molar-refractivity contribution is -0.161. The van der Waals surface area contributed by atoms with Crippen molar-refractivity contribution in [2.75, 3.05) is 39.6 Å². The van der Waals surface area contributed by atoms with Gasteiger partial charge in [0.25, 0.3) is 0 Å². The summed E-state index contributed by atoms with van der Waals surface area (Å²) in [7, 11) is -9.93. The number of unbranched alkanes of at least 4 members (excludes halogenated alkanes) is 53. The second-order valence-corrected chi connectivity index (χ2v) is 35.7. The van der Waals surface area contributed by atoms with Gasteiger partial charge in [-0.15, -0.1) is 0 Å². The number of aliphatic hydroxyl groups excluding tert-OH is 1. The summed E-state index contributed by atoms with van der Waals surface area (Å²) >= 11 is 0. The zero-order chi connectivity index (χ0) is 78.6. The maximum absolute atomic E-state index is 13.2. The Balaban J connectivity index is 5.21. The van der Waals surface area contributed by atoms with Gasteiger partial charge in [0.2, 0.25) is 0 Å². The summed E-state index contributed by atoms with van der Waals surface area (Å²) in [5.41, 5.74) is 0. The van der Waals surface area contributed by atoms with E-state index in [0.29, 0.717) is 31.6 Å². The minimum Gasteiger partial charge on any atom is -0.462 e. The fourth-order valence-electron chi connectivity index (χ4n) is 13.7. The van der Waals surface area contributed by atoms with E-state index in [2.05, 4.69) is 48.5 Å². The van der Waals surface area contributed by atoms with Crippen LogP contribution >= 0.6 is 15.6 Å². The summed E-state index contributed by atoms with van der Waals surface area (Å²) < 4.78 is 68.9. The number of esters is 4. The van der Waals surface area contributed by atoms with Crippen LogP contribution in [0.2, 0.25) is 0 Å². The molecule has 0 rings (SSSR count). The average Bonchev–Trinajstić information content (AvgIpc) is 0.903. The summed E-state index contributed by atoms with van der Waals surface area (Å²) in [6, 6.07) is 0. The van der Waals surface area contributed by atoms with Crippen molar-refractivity contribution in [3.8, 4) is 0 Å². The maximum atomic E-state index is 13.2. The van der Waals surface area contributed by atoms with E-state index >= 15 is 0 Å². The van der Waals surface area contributed by atoms with Crippen LogP contribution in [-0.2, 0) is 65.4 Å². The average molecular weight is 1560 g/mol. The van der Waals surface area contributed by atoms with Crippen molar-refractivity contribution >= 4 is 39.5 Å². The van der Waals surface area contributed by atoms with Crippen LogP contribution in [0.25, 0.3) is 0 Å². The van der Waals surface area contributed by atoms with Gasteiger partial charge in [0.1, 0.15) is 19.3 Å². The topological polar surface area (TPSA) is 237 Å². The number of carbonyl (C=O) groups excluding carboxylic acids is 4. The van der Waals surface area contributed by atoms with E-state index in [0.717, 1.165) is 108 Å². The van der Waals surface area contributed by atoms with E-state index in [1.165, 1.54) is 270 Å². The van der Waals surface area contributed by atoms with Gasteiger partial charge < -0.3 is 33.8 Å². The summed E-state index contributed by atoms with van der Waals surface area (Å²) in [6.07, 6.45) is 69.6. The van der Waals surface area contributed by atoms with Crippen LogP contribution in [-0.4, -0.2) is 96.7 Å². The predicted octanol–water partition coefficient (Wildman–Crippen LogP) is 26.9. The van der Waals surface area contributed by atoms with Crippen molar-refractivity contribution in [2.45, 2.75) is 484 Å². The van der Waals surface area contributed by atoms with Crippen LogP contribution in [0.5, 0.6) is 0 Å². The number of phosphoric ester groups is 2. The van der Waals surface area contributed by atoms with Crippen LogP contribution in [0.15, 0.2) is 0 Å². The molecule has 0 amide bonds. The Morgan fingerprint density at radius 1 is 0.271 bits per heavy atom. The summed E-state index contributed by atoms with van der Waals surface area (Å²) in [5, 5.41) is 10.7. The minimum absolute atomic E-state index is 0.107. The molecule has 0 heterocycles. The van der Waals surface area contributed by atoms with Gasteiger partial charge in [-0.2, -0.15) is 0 Å². The number of hydrogen-bond acceptors (Lipinski definition) is 15. The van der Waals surface area contributed by atoms with Crippen molar-refractivity contribution in [1.82, 2.24) is 0 Å². The lowest BCUT2D eigenvalue weighted by Crippen LogP contribution is -2.30. The molecule has 0 spiro atoms. The summed E-state index contributed by atoms with van der Waals surface area (Å²) in [5.74, 6) is 0.259. The van der Waals surface area contributed by atoms with Crippen molar-refractivity contribution in [3.05, 3.63) is 0 Å². The molecule has 17 nitrogen and oxygen atoms in total. The monoisotopic (exact) mass is 1560 g/mol. The molecule has 0 saturated carbocycles. The molecule has 0 aliphatic rings. The van der Waals surface area contributed by atoms with Crippen LogP contribution < -0.4 is 0 Å². The van der Waals surface area contributed by atoms with Gasteiger partial charge >= 0.3 is 39.5 Å². The lowest BCUT2D eigenvalue weighted by atomic mass is 9.99. The molecular formula is C88H172O17P2. The van der Waals surface area contributed by atoms with Crippen LogP contribution in [0.3, 0.4) is 0 Å². The maximum Gasteiger partial charge on any atom is 0.472 e. The Bertz CT molecular complexity index is 2060. The number of rotatable bonds is 86. The first-order chi connectivity index (χ1) is 51.8. The number of carbonyl (C=O) groups is 4. The molecule has 0 bridgehead atoms. The third-order valence-corrected chi connectivity index (χ3v) is 22.9. The second-order valence-electron chi connectivity index (χ2n) is 32.8. The zero-order valence-corrected chi connectivity index (χ0v) is 72.4. The fourth-order valence-corrected chi connectivity index (χ4v) is 15.3. The Kier molecular flexibility index (Phi) is 76.6. The first-order valence-corrected chi connectivity index (χ1v) is 48.4. The van der Waals surface area contributed by atoms with E-state index in [9.17, 15) is 43.2 Å². The number of phosphoric acid groups is 2. The van der Waals surface area contributed by atoms with Gasteiger partial charge in [0.05, 0.1) is 26.4 Å². The molecule has 3 unspecified atom stereocenters. The number of hydrogen-bond donors (Lipinski definition) is 3. The van der Waals surface area contributed by atoms with E-state index in [1.54, 1.807) is 0 Å². The lowest BCUT2D eigenvalue weighted by Gasteiger charge is -2.21. The summed E-state index contributed by atoms with van der Waals surface area (Å²) in [4.78, 5) is 73.2. The second kappa shape index (κ2) is 78.0. The molecule has 0 aliphatic carbocycles. The molecule has 0 aromatic heterocycles. The highest BCUT2D eigenvalue weighted by Crippen LogP contribution is 2.45. The van der Waals surface area contributed by atoms with Gasteiger partial charge in [0.15, 0.2) is 12.2 Å². The van der Waals surface area contributed by atoms with E-state index < -0.39 is 97.5 Å². The van der Waals surface area contributed by atoms with Crippen LogP contribution in [0.4, 0.5) is 0 Å². The van der Waals surface area contributed by atoms with Gasteiger partial charge in [-0.3, -0.25) is 37.3 Å². The number of aliphatic hydroxyl groups is 1. The normalized spacial score (nSPS) is 14.1. The zero-order valence-electron chi connectivity index (χ0n) is 70.6. The van der Waals surface area contributed by atoms with Crippen LogP contribution in [0.1, 0.15) is 466 Å². The highest BCUT2D eigenvalue weighted by molar-refractivity contribution is 7.47. The van der Waals surface area contributed by atoms with Crippen molar-refractivity contribution in [3.63, 3.8) is 0 Å². The molecule has 636 valence electrons. The standard InChI is InChI=1S/C88H172O17P2/c1-8-10-11-12-13-14-15-16-17-20-28-33-38-43-48-57-65-72-88(93)105-84(76-99-86(91)70-63-56-51-50-53-60-67-80(5)6)78-103-107(96,97)101-74-82(89)73-100-106(94,95)102-77-83(75-98-85(90)69-62-55-47-42-37-32-27-24-23-25-30-35-40-45-52-59-66-79(3)4)104-87(92)71-64-58-49-44-39-34-29-22-19-18-21-26-31-36-41-46-54-61-68-81(7)9-2/h79-84,89H,8-78H2,1-7H3,(H,94,95)(H,96,97)/t81?,82-,83-,84-/m1/s1. The quantitative estimate of drug-likeness (QED) is 0.0222. The third kappa shape index (κ3) is 80.5. The van der Waals surface area contributed by atoms with E-state index in [4.69, 9.17) is 37.0 Å². The smallest absolute Gasteiger partial charge is 0.462 e. The van der Waals surface area contributed by atoms with Gasteiger partial charge in [-0.25, -0.2) is 9.13 Å². The molecule has 107 heavy (non-hydrogen) atoms. The molecule has 0 aliphatic heterocycles. The van der Waals surface area contributed by atoms with Crippen LogP contribution in [0, 0.1) is 17.8 Å². The van der Waals surface area contributed by atoms with Crippen molar-refractivity contribution in [1.29, 1.82) is 0 Å². The Hall–Kier alpha value is -1.94. The molecule has 0 radical (unpaired) electrons. The Morgan fingerprint density at radius 2 is 0.477 bits per heavy atom. The molecule has 0 saturated heterocycles. The molecule has 0 fully saturated rings. The molecule has 3 N–H and O–H groups in total. The van der Waals surface area contributed by atoms with Gasteiger partial charge in [-0.05, 0) is 43.4 Å². The molecule has 0 aromatic carbocycles.